The number of fused-ring (bicyclic) bond motifs is 1. The van der Waals surface area contributed by atoms with Gasteiger partial charge in [0, 0.05) is 11.6 Å². The molecule has 7 nitrogen and oxygen atoms in total. The molecule has 2 aliphatic rings. The molecule has 0 radical (unpaired) electrons. The summed E-state index contributed by atoms with van der Waals surface area (Å²) >= 11 is 0. The van der Waals surface area contributed by atoms with Crippen molar-refractivity contribution in [3.8, 4) is 11.5 Å². The Hall–Kier alpha value is -1.64. The van der Waals surface area contributed by atoms with E-state index >= 15 is 0 Å². The molecular formula is C17H23ClN4O3S. The largest absolute Gasteiger partial charge is 0.334 e. The lowest BCUT2D eigenvalue weighted by Gasteiger charge is -2.21. The summed E-state index contributed by atoms with van der Waals surface area (Å²) in [4.78, 5) is 4.51. The van der Waals surface area contributed by atoms with Gasteiger partial charge in [-0.15, -0.1) is 12.4 Å². The van der Waals surface area contributed by atoms with Gasteiger partial charge in [-0.1, -0.05) is 18.0 Å². The van der Waals surface area contributed by atoms with Crippen LogP contribution in [0.4, 0.5) is 5.69 Å². The van der Waals surface area contributed by atoms with Gasteiger partial charge in [0.1, 0.15) is 0 Å². The summed E-state index contributed by atoms with van der Waals surface area (Å²) in [5.74, 6) is 0.992. The van der Waals surface area contributed by atoms with E-state index < -0.39 is 15.6 Å². The number of nitrogens with zero attached hydrogens (tertiary/aromatic N) is 3. The second-order valence-electron chi connectivity index (χ2n) is 7.24. The zero-order valence-corrected chi connectivity index (χ0v) is 16.4. The highest BCUT2D eigenvalue weighted by Gasteiger charge is 2.36. The molecule has 1 unspecified atom stereocenters. The van der Waals surface area contributed by atoms with Crippen LogP contribution in [0.1, 0.15) is 44.0 Å². The monoisotopic (exact) mass is 398 g/mol. The standard InChI is InChI=1S/C17H22N4O3S.ClH/c1-11-9-13-10-12(5-6-14(13)21(11)25(2,22)23)15-19-16(20-24-15)17(18)7-3-4-8-17;/h5-6,10-11H,3-4,7-9,18H2,1-2H3;1H. The molecule has 0 saturated heterocycles. The van der Waals surface area contributed by atoms with Crippen molar-refractivity contribution in [3.63, 3.8) is 0 Å². The lowest BCUT2D eigenvalue weighted by atomic mass is 9.98. The third-order valence-corrected chi connectivity index (χ3v) is 6.48. The van der Waals surface area contributed by atoms with Gasteiger partial charge in [-0.2, -0.15) is 4.98 Å². The molecule has 0 bridgehead atoms. The summed E-state index contributed by atoms with van der Waals surface area (Å²) in [6.07, 6.45) is 5.81. The van der Waals surface area contributed by atoms with Crippen LogP contribution in [0.3, 0.4) is 0 Å². The smallest absolute Gasteiger partial charge is 0.258 e. The molecule has 1 aliphatic carbocycles. The zero-order valence-electron chi connectivity index (χ0n) is 14.8. The van der Waals surface area contributed by atoms with Gasteiger partial charge in [0.2, 0.25) is 10.0 Å². The van der Waals surface area contributed by atoms with E-state index in [4.69, 9.17) is 10.3 Å². The molecule has 0 spiro atoms. The number of sulfonamides is 1. The van der Waals surface area contributed by atoms with Crippen LogP contribution in [0.5, 0.6) is 0 Å². The molecule has 2 heterocycles. The average Bonchev–Trinajstić information content (AvgIpc) is 3.22. The minimum absolute atomic E-state index is 0. The molecule has 1 aliphatic heterocycles. The Kier molecular flexibility index (Phi) is 4.79. The van der Waals surface area contributed by atoms with Crippen LogP contribution < -0.4 is 10.0 Å². The molecule has 1 aromatic carbocycles. The summed E-state index contributed by atoms with van der Waals surface area (Å²) in [5, 5.41) is 4.09. The summed E-state index contributed by atoms with van der Waals surface area (Å²) in [7, 11) is -3.29. The Labute approximate surface area is 159 Å². The van der Waals surface area contributed by atoms with Gasteiger partial charge in [0.05, 0.1) is 17.5 Å². The van der Waals surface area contributed by atoms with E-state index in [-0.39, 0.29) is 18.4 Å². The Morgan fingerprint density at radius 2 is 2.00 bits per heavy atom. The van der Waals surface area contributed by atoms with Gasteiger partial charge in [-0.3, -0.25) is 4.31 Å². The molecule has 1 fully saturated rings. The molecule has 9 heteroatoms. The first-order valence-corrected chi connectivity index (χ1v) is 10.4. The third-order valence-electron chi connectivity index (χ3n) is 5.20. The fourth-order valence-corrected chi connectivity index (χ4v) is 5.28. The van der Waals surface area contributed by atoms with Gasteiger partial charge in [0.15, 0.2) is 5.82 Å². The number of hydrogen-bond donors (Lipinski definition) is 1. The van der Waals surface area contributed by atoms with Crippen molar-refractivity contribution in [1.82, 2.24) is 10.1 Å². The Bertz CT molecular complexity index is 922. The molecule has 2 N–H and O–H groups in total. The highest BCUT2D eigenvalue weighted by Crippen LogP contribution is 2.38. The van der Waals surface area contributed by atoms with Gasteiger partial charge in [-0.05, 0) is 49.9 Å². The lowest BCUT2D eigenvalue weighted by Crippen LogP contribution is -2.34. The first-order valence-electron chi connectivity index (χ1n) is 8.54. The quantitative estimate of drug-likeness (QED) is 0.852. The van der Waals surface area contributed by atoms with E-state index in [2.05, 4.69) is 10.1 Å². The van der Waals surface area contributed by atoms with Gasteiger partial charge in [-0.25, -0.2) is 8.42 Å². The van der Waals surface area contributed by atoms with Crippen molar-refractivity contribution in [2.45, 2.75) is 50.6 Å². The van der Waals surface area contributed by atoms with Gasteiger partial charge >= 0.3 is 0 Å². The van der Waals surface area contributed by atoms with E-state index in [0.29, 0.717) is 18.1 Å². The number of benzene rings is 1. The van der Waals surface area contributed by atoms with Crippen LogP contribution in [0, 0.1) is 0 Å². The molecule has 1 aromatic heterocycles. The number of halogens is 1. The number of anilines is 1. The summed E-state index contributed by atoms with van der Waals surface area (Å²) in [6, 6.07) is 5.48. The predicted molar refractivity (Wildman–Crippen MR) is 102 cm³/mol. The van der Waals surface area contributed by atoms with Gasteiger partial charge < -0.3 is 10.3 Å². The highest BCUT2D eigenvalue weighted by atomic mass is 35.5. The third kappa shape index (κ3) is 3.10. The second kappa shape index (κ2) is 6.51. The Morgan fingerprint density at radius 1 is 1.31 bits per heavy atom. The maximum Gasteiger partial charge on any atom is 0.258 e. The maximum atomic E-state index is 12.0. The van der Waals surface area contributed by atoms with Crippen LogP contribution in [-0.4, -0.2) is 30.9 Å². The minimum atomic E-state index is -3.29. The molecule has 142 valence electrons. The number of rotatable bonds is 3. The van der Waals surface area contributed by atoms with E-state index in [1.807, 2.05) is 25.1 Å². The Balaban J connectivity index is 0.00000196. The zero-order chi connectivity index (χ0) is 17.8. The van der Waals surface area contributed by atoms with Crippen LogP contribution in [-0.2, 0) is 22.0 Å². The van der Waals surface area contributed by atoms with Crippen LogP contribution in [0.2, 0.25) is 0 Å². The average molecular weight is 399 g/mol. The second-order valence-corrected chi connectivity index (χ2v) is 9.10. The topological polar surface area (TPSA) is 102 Å². The summed E-state index contributed by atoms with van der Waals surface area (Å²) in [6.45, 7) is 1.91. The number of nitrogens with two attached hydrogens (primary N) is 1. The van der Waals surface area contributed by atoms with Crippen molar-refractivity contribution in [3.05, 3.63) is 29.6 Å². The highest BCUT2D eigenvalue weighted by molar-refractivity contribution is 7.92. The molecule has 1 atom stereocenters. The van der Waals surface area contributed by atoms with Crippen molar-refractivity contribution in [2.75, 3.05) is 10.6 Å². The summed E-state index contributed by atoms with van der Waals surface area (Å²) < 4.78 is 30.9. The first kappa shape index (κ1) is 19.1. The first-order chi connectivity index (χ1) is 11.8. The van der Waals surface area contributed by atoms with E-state index in [9.17, 15) is 8.42 Å². The normalized spacial score (nSPS) is 21.5. The molecule has 26 heavy (non-hydrogen) atoms. The number of aromatic nitrogens is 2. The summed E-state index contributed by atoms with van der Waals surface area (Å²) in [5.41, 5.74) is 8.39. The maximum absolute atomic E-state index is 12.0. The predicted octanol–water partition coefficient (Wildman–Crippen LogP) is 2.60. The molecule has 2 aromatic rings. The Morgan fingerprint density at radius 3 is 2.65 bits per heavy atom. The van der Waals surface area contributed by atoms with E-state index in [0.717, 1.165) is 42.5 Å². The molecule has 1 saturated carbocycles. The van der Waals surface area contributed by atoms with Crippen LogP contribution >= 0.6 is 12.4 Å². The fraction of sp³-hybridized carbons (Fsp3) is 0.529. The molecule has 0 amide bonds. The number of hydrogen-bond acceptors (Lipinski definition) is 6. The van der Waals surface area contributed by atoms with Crippen molar-refractivity contribution in [2.24, 2.45) is 5.73 Å². The van der Waals surface area contributed by atoms with Crippen LogP contribution in [0.25, 0.3) is 11.5 Å². The van der Waals surface area contributed by atoms with E-state index in [1.165, 1.54) is 10.6 Å². The minimum Gasteiger partial charge on any atom is -0.334 e. The molecular weight excluding hydrogens is 376 g/mol. The lowest BCUT2D eigenvalue weighted by molar-refractivity contribution is 0.372. The van der Waals surface area contributed by atoms with Crippen molar-refractivity contribution in [1.29, 1.82) is 0 Å². The van der Waals surface area contributed by atoms with Gasteiger partial charge in [0.25, 0.3) is 5.89 Å². The SMILES string of the molecule is CC1Cc2cc(-c3nc(C4(N)CCCC4)no3)ccc2N1S(C)(=O)=O.Cl. The van der Waals surface area contributed by atoms with Crippen molar-refractivity contribution >= 4 is 28.1 Å². The van der Waals surface area contributed by atoms with Crippen molar-refractivity contribution < 1.29 is 12.9 Å². The fourth-order valence-electron chi connectivity index (χ4n) is 4.01. The van der Waals surface area contributed by atoms with E-state index in [1.54, 1.807) is 0 Å². The van der Waals surface area contributed by atoms with Crippen LogP contribution in [0.15, 0.2) is 22.7 Å². The molecule has 4 rings (SSSR count).